The molecule has 1 aliphatic heterocycles. The SMILES string of the molecule is COc1ccc2nccc([C@H](F)CC[C@@H]3CCN(CCCSc4sccc4C)C[C@@H]3C(=O)O)c2c1. The third-order valence-electron chi connectivity index (χ3n) is 6.93. The molecule has 0 aliphatic carbocycles. The van der Waals surface area contributed by atoms with Gasteiger partial charge in [-0.3, -0.25) is 9.78 Å². The van der Waals surface area contributed by atoms with E-state index in [-0.39, 0.29) is 5.92 Å². The van der Waals surface area contributed by atoms with Crippen LogP contribution < -0.4 is 4.74 Å². The smallest absolute Gasteiger partial charge is 0.308 e. The Balaban J connectivity index is 1.30. The first-order chi connectivity index (χ1) is 17.0. The van der Waals surface area contributed by atoms with E-state index in [4.69, 9.17) is 4.74 Å². The van der Waals surface area contributed by atoms with Gasteiger partial charge in [0.25, 0.3) is 0 Å². The number of halogens is 1. The van der Waals surface area contributed by atoms with E-state index in [1.165, 1.54) is 9.77 Å². The van der Waals surface area contributed by atoms with Gasteiger partial charge in [0.2, 0.25) is 0 Å². The summed E-state index contributed by atoms with van der Waals surface area (Å²) in [4.78, 5) is 18.7. The van der Waals surface area contributed by atoms with E-state index in [2.05, 4.69) is 28.3 Å². The third-order valence-corrected chi connectivity index (χ3v) is 9.46. The maximum Gasteiger partial charge on any atom is 0.308 e. The highest BCUT2D eigenvalue weighted by atomic mass is 32.2. The molecular formula is C27H33FN2O3S2. The lowest BCUT2D eigenvalue weighted by Gasteiger charge is -2.36. The number of thiophene rings is 1. The van der Waals surface area contributed by atoms with Crippen molar-refractivity contribution in [1.29, 1.82) is 0 Å². The van der Waals surface area contributed by atoms with Crippen LogP contribution in [0.2, 0.25) is 0 Å². The molecule has 0 radical (unpaired) electrons. The third kappa shape index (κ3) is 6.54. The standard InChI is InChI=1S/C27H33FN2O3S2/c1-18-10-15-35-27(18)34-14-3-12-30-13-9-19(23(17-30)26(31)32)4-6-24(28)21-8-11-29-25-7-5-20(33-2)16-22(21)25/h5,7-8,10-11,15-16,19,23-24H,3-4,6,9,12-14,17H2,1-2H3,(H,31,32)/t19-,23+,24-/m1/s1. The van der Waals surface area contributed by atoms with Gasteiger partial charge < -0.3 is 14.7 Å². The second kappa shape index (κ2) is 12.2. The summed E-state index contributed by atoms with van der Waals surface area (Å²) in [6.45, 7) is 4.47. The molecule has 2 aromatic heterocycles. The number of carboxylic acid groups (broad SMARTS) is 1. The van der Waals surface area contributed by atoms with Crippen LogP contribution in [0.1, 0.15) is 43.0 Å². The molecule has 1 saturated heterocycles. The number of aryl methyl sites for hydroxylation is 1. The number of carbonyl (C=O) groups is 1. The Kier molecular flexibility index (Phi) is 9.03. The van der Waals surface area contributed by atoms with Gasteiger partial charge >= 0.3 is 5.97 Å². The van der Waals surface area contributed by atoms with Gasteiger partial charge in [0, 0.05) is 23.9 Å². The number of pyridine rings is 1. The van der Waals surface area contributed by atoms with Gasteiger partial charge in [-0.2, -0.15) is 0 Å². The number of piperidine rings is 1. The fourth-order valence-corrected chi connectivity index (χ4v) is 7.01. The van der Waals surface area contributed by atoms with E-state index >= 15 is 4.39 Å². The number of thioether (sulfide) groups is 1. The average molecular weight is 517 g/mol. The van der Waals surface area contributed by atoms with Crippen molar-refractivity contribution in [3.63, 3.8) is 0 Å². The minimum Gasteiger partial charge on any atom is -0.497 e. The topological polar surface area (TPSA) is 62.7 Å². The van der Waals surface area contributed by atoms with Crippen LogP contribution in [0.25, 0.3) is 10.9 Å². The summed E-state index contributed by atoms with van der Waals surface area (Å²) in [6.07, 6.45) is 3.16. The second-order valence-corrected chi connectivity index (χ2v) is 11.5. The lowest BCUT2D eigenvalue weighted by atomic mass is 9.81. The molecule has 4 rings (SSSR count). The van der Waals surface area contributed by atoms with Crippen molar-refractivity contribution in [2.24, 2.45) is 11.8 Å². The zero-order chi connectivity index (χ0) is 24.8. The molecule has 0 unspecified atom stereocenters. The maximum atomic E-state index is 15.4. The normalized spacial score (nSPS) is 19.6. The molecule has 5 nitrogen and oxygen atoms in total. The minimum absolute atomic E-state index is 0.00668. The van der Waals surface area contributed by atoms with Gasteiger partial charge in [-0.15, -0.1) is 23.1 Å². The molecule has 0 saturated carbocycles. The van der Waals surface area contributed by atoms with Crippen LogP contribution in [0.4, 0.5) is 4.39 Å². The first-order valence-electron chi connectivity index (χ1n) is 12.1. The van der Waals surface area contributed by atoms with E-state index in [9.17, 15) is 9.90 Å². The Morgan fingerprint density at radius 2 is 2.23 bits per heavy atom. The number of rotatable bonds is 11. The van der Waals surface area contributed by atoms with Crippen molar-refractivity contribution in [2.45, 2.75) is 43.0 Å². The van der Waals surface area contributed by atoms with Crippen LogP contribution >= 0.6 is 23.1 Å². The molecule has 188 valence electrons. The molecule has 1 aliphatic rings. The Labute approximate surface area is 214 Å². The number of nitrogens with zero attached hydrogens (tertiary/aromatic N) is 2. The summed E-state index contributed by atoms with van der Waals surface area (Å²) in [5.74, 6) is 0.483. The molecule has 35 heavy (non-hydrogen) atoms. The largest absolute Gasteiger partial charge is 0.497 e. The highest BCUT2D eigenvalue weighted by Crippen LogP contribution is 2.35. The van der Waals surface area contributed by atoms with Crippen molar-refractivity contribution >= 4 is 40.0 Å². The fraction of sp³-hybridized carbons (Fsp3) is 0.481. The molecule has 8 heteroatoms. The summed E-state index contributed by atoms with van der Waals surface area (Å²) < 4.78 is 22.1. The van der Waals surface area contributed by atoms with Crippen molar-refractivity contribution in [1.82, 2.24) is 9.88 Å². The summed E-state index contributed by atoms with van der Waals surface area (Å²) in [6, 6.07) is 9.34. The Morgan fingerprint density at radius 1 is 1.37 bits per heavy atom. The molecule has 3 aromatic rings. The van der Waals surface area contributed by atoms with Crippen molar-refractivity contribution in [3.05, 3.63) is 53.0 Å². The van der Waals surface area contributed by atoms with Gasteiger partial charge in [0.15, 0.2) is 0 Å². The highest BCUT2D eigenvalue weighted by molar-refractivity contribution is 8.01. The zero-order valence-corrected chi connectivity index (χ0v) is 21.9. The molecule has 1 N–H and O–H groups in total. The average Bonchev–Trinajstić information content (AvgIpc) is 3.29. The fourth-order valence-electron chi connectivity index (χ4n) is 4.92. The molecule has 1 aromatic carbocycles. The van der Waals surface area contributed by atoms with E-state index < -0.39 is 18.1 Å². The van der Waals surface area contributed by atoms with Gasteiger partial charge in [-0.25, -0.2) is 4.39 Å². The number of aromatic nitrogens is 1. The number of methoxy groups -OCH3 is 1. The zero-order valence-electron chi connectivity index (χ0n) is 20.3. The number of alkyl halides is 1. The lowest BCUT2D eigenvalue weighted by molar-refractivity contribution is -0.146. The number of fused-ring (bicyclic) bond motifs is 1. The molecule has 1 fully saturated rings. The molecular weight excluding hydrogens is 483 g/mol. The minimum atomic E-state index is -1.17. The number of aliphatic carboxylic acids is 1. The molecule has 0 amide bonds. The second-order valence-electron chi connectivity index (χ2n) is 9.22. The van der Waals surface area contributed by atoms with Gasteiger partial charge in [0.1, 0.15) is 11.9 Å². The summed E-state index contributed by atoms with van der Waals surface area (Å²) in [5.41, 5.74) is 2.66. The van der Waals surface area contributed by atoms with Gasteiger partial charge in [-0.1, -0.05) is 0 Å². The number of likely N-dealkylation sites (tertiary alicyclic amines) is 1. The van der Waals surface area contributed by atoms with E-state index in [1.54, 1.807) is 30.7 Å². The van der Waals surface area contributed by atoms with Crippen LogP contribution in [0.3, 0.4) is 0 Å². The molecule has 0 spiro atoms. The van der Waals surface area contributed by atoms with Crippen LogP contribution in [0.15, 0.2) is 46.1 Å². The molecule has 0 bridgehead atoms. The van der Waals surface area contributed by atoms with E-state index in [0.717, 1.165) is 42.6 Å². The summed E-state index contributed by atoms with van der Waals surface area (Å²) in [5, 5.41) is 12.8. The van der Waals surface area contributed by atoms with Gasteiger partial charge in [-0.05, 0) is 98.5 Å². The summed E-state index contributed by atoms with van der Waals surface area (Å²) >= 11 is 3.66. The number of carboxylic acids is 1. The number of ether oxygens (including phenoxy) is 1. The summed E-state index contributed by atoms with van der Waals surface area (Å²) in [7, 11) is 1.59. The van der Waals surface area contributed by atoms with Crippen LogP contribution in [0, 0.1) is 18.8 Å². The Morgan fingerprint density at radius 3 is 2.97 bits per heavy atom. The first kappa shape index (κ1) is 25.9. The number of hydrogen-bond acceptors (Lipinski definition) is 6. The number of benzene rings is 1. The van der Waals surface area contributed by atoms with E-state index in [1.807, 2.05) is 30.0 Å². The Hall–Kier alpha value is -2.16. The van der Waals surface area contributed by atoms with Crippen molar-refractivity contribution in [2.75, 3.05) is 32.5 Å². The quantitative estimate of drug-likeness (QED) is 0.229. The van der Waals surface area contributed by atoms with Crippen molar-refractivity contribution < 1.29 is 19.0 Å². The highest BCUT2D eigenvalue weighted by Gasteiger charge is 2.34. The molecule has 3 heterocycles. The first-order valence-corrected chi connectivity index (χ1v) is 14.0. The monoisotopic (exact) mass is 516 g/mol. The Bertz CT molecular complexity index is 1140. The van der Waals surface area contributed by atoms with Crippen LogP contribution in [-0.4, -0.2) is 53.5 Å². The predicted octanol–water partition coefficient (Wildman–Crippen LogP) is 6.61. The maximum absolute atomic E-state index is 15.4. The van der Waals surface area contributed by atoms with Crippen LogP contribution in [0.5, 0.6) is 5.75 Å². The van der Waals surface area contributed by atoms with Crippen LogP contribution in [-0.2, 0) is 4.79 Å². The predicted molar refractivity (Wildman–Crippen MR) is 141 cm³/mol. The number of hydrogen-bond donors (Lipinski definition) is 1. The van der Waals surface area contributed by atoms with Crippen molar-refractivity contribution in [3.8, 4) is 5.75 Å². The van der Waals surface area contributed by atoms with E-state index in [0.29, 0.717) is 30.7 Å². The van der Waals surface area contributed by atoms with Gasteiger partial charge in [0.05, 0.1) is 22.8 Å². The lowest BCUT2D eigenvalue weighted by Crippen LogP contribution is -2.44. The molecule has 3 atom stereocenters.